The molecule has 0 aliphatic carbocycles. The second kappa shape index (κ2) is 7.65. The van der Waals surface area contributed by atoms with Crippen molar-refractivity contribution in [3.8, 4) is 12.1 Å². The zero-order valence-corrected chi connectivity index (χ0v) is 12.6. The monoisotopic (exact) mass is 322 g/mol. The molecule has 2 aromatic rings. The molecule has 0 unspecified atom stereocenters. The van der Waals surface area contributed by atoms with Gasteiger partial charge in [-0.15, -0.1) is 0 Å². The fourth-order valence-corrected chi connectivity index (χ4v) is 2.00. The number of amides is 1. The van der Waals surface area contributed by atoms with Crippen LogP contribution in [-0.2, 0) is 0 Å². The van der Waals surface area contributed by atoms with Crippen molar-refractivity contribution in [1.29, 1.82) is 10.5 Å². The van der Waals surface area contributed by atoms with Crippen LogP contribution in [0.25, 0.3) is 0 Å². The van der Waals surface area contributed by atoms with Crippen molar-refractivity contribution in [2.45, 2.75) is 0 Å². The number of carbonyl (C=O) groups excluding carboxylic acids is 1. The molecule has 0 spiro atoms. The molecule has 2 N–H and O–H groups in total. The van der Waals surface area contributed by atoms with Crippen molar-refractivity contribution in [1.82, 2.24) is 0 Å². The number of allylic oxidation sites excluding steroid dienone is 1. The molecular formula is C17H11ClN4O. The molecule has 0 fully saturated rings. The number of anilines is 2. The lowest BCUT2D eigenvalue weighted by molar-refractivity contribution is 0.102. The van der Waals surface area contributed by atoms with Crippen LogP contribution in [0, 0.1) is 22.7 Å². The molecule has 0 heterocycles. The minimum atomic E-state index is -0.321. The summed E-state index contributed by atoms with van der Waals surface area (Å²) in [5.74, 6) is -0.321. The van der Waals surface area contributed by atoms with E-state index in [-0.39, 0.29) is 11.5 Å². The Kier molecular flexibility index (Phi) is 5.35. The second-order valence-corrected chi connectivity index (χ2v) is 4.85. The first-order valence-corrected chi connectivity index (χ1v) is 6.94. The van der Waals surface area contributed by atoms with Crippen molar-refractivity contribution in [2.24, 2.45) is 0 Å². The predicted molar refractivity (Wildman–Crippen MR) is 88.8 cm³/mol. The van der Waals surface area contributed by atoms with E-state index in [1.165, 1.54) is 6.20 Å². The molecule has 2 aromatic carbocycles. The van der Waals surface area contributed by atoms with Crippen LogP contribution in [0.1, 0.15) is 10.4 Å². The average molecular weight is 323 g/mol. The first kappa shape index (κ1) is 16.1. The standard InChI is InChI=1S/C17H11ClN4O/c18-16-7-2-1-6-15(16)17(23)22-14-5-3-4-13(8-14)21-11-12(9-19)10-20/h1-8,11,21H,(H,22,23). The third-order valence-electron chi connectivity index (χ3n) is 2.86. The summed E-state index contributed by atoms with van der Waals surface area (Å²) < 4.78 is 0. The van der Waals surface area contributed by atoms with Crippen molar-refractivity contribution in [3.63, 3.8) is 0 Å². The summed E-state index contributed by atoms with van der Waals surface area (Å²) in [5, 5.41) is 23.3. The number of nitriles is 2. The van der Waals surface area contributed by atoms with Crippen molar-refractivity contribution in [3.05, 3.63) is 70.9 Å². The van der Waals surface area contributed by atoms with Gasteiger partial charge < -0.3 is 10.6 Å². The number of halogens is 1. The molecule has 0 saturated carbocycles. The number of nitrogens with one attached hydrogen (secondary N) is 2. The van der Waals surface area contributed by atoms with Gasteiger partial charge in [0.1, 0.15) is 17.7 Å². The summed E-state index contributed by atoms with van der Waals surface area (Å²) >= 11 is 5.99. The Labute approximate surface area is 138 Å². The van der Waals surface area contributed by atoms with Crippen LogP contribution in [0.5, 0.6) is 0 Å². The van der Waals surface area contributed by atoms with Gasteiger partial charge in [-0.2, -0.15) is 10.5 Å². The lowest BCUT2D eigenvalue weighted by Gasteiger charge is -2.08. The molecule has 0 atom stereocenters. The number of benzene rings is 2. The molecule has 0 aromatic heterocycles. The lowest BCUT2D eigenvalue weighted by Crippen LogP contribution is -2.12. The molecule has 2 rings (SSSR count). The molecule has 0 bridgehead atoms. The van der Waals surface area contributed by atoms with Gasteiger partial charge >= 0.3 is 0 Å². The molecule has 0 radical (unpaired) electrons. The van der Waals surface area contributed by atoms with E-state index >= 15 is 0 Å². The van der Waals surface area contributed by atoms with Gasteiger partial charge in [-0.25, -0.2) is 0 Å². The second-order valence-electron chi connectivity index (χ2n) is 4.44. The van der Waals surface area contributed by atoms with E-state index < -0.39 is 0 Å². The lowest BCUT2D eigenvalue weighted by atomic mass is 10.2. The first-order valence-electron chi connectivity index (χ1n) is 6.57. The Hall–Kier alpha value is -3.28. The van der Waals surface area contributed by atoms with Crippen LogP contribution in [0.4, 0.5) is 11.4 Å². The van der Waals surface area contributed by atoms with E-state index in [1.807, 2.05) is 0 Å². The molecule has 0 aliphatic heterocycles. The zero-order valence-electron chi connectivity index (χ0n) is 11.9. The van der Waals surface area contributed by atoms with Gasteiger partial charge in [0.15, 0.2) is 0 Å². The summed E-state index contributed by atoms with van der Waals surface area (Å²) in [6, 6.07) is 17.1. The highest BCUT2D eigenvalue weighted by Crippen LogP contribution is 2.19. The van der Waals surface area contributed by atoms with Crippen LogP contribution in [-0.4, -0.2) is 5.91 Å². The molecular weight excluding hydrogens is 312 g/mol. The zero-order chi connectivity index (χ0) is 16.7. The largest absolute Gasteiger partial charge is 0.360 e. The van der Waals surface area contributed by atoms with E-state index in [0.717, 1.165) is 0 Å². The number of hydrogen-bond donors (Lipinski definition) is 2. The molecule has 112 valence electrons. The van der Waals surface area contributed by atoms with Crippen LogP contribution in [0.3, 0.4) is 0 Å². The van der Waals surface area contributed by atoms with E-state index in [9.17, 15) is 4.79 Å². The maximum atomic E-state index is 12.2. The minimum absolute atomic E-state index is 0.0458. The van der Waals surface area contributed by atoms with Crippen LogP contribution in [0.2, 0.25) is 5.02 Å². The smallest absolute Gasteiger partial charge is 0.257 e. The van der Waals surface area contributed by atoms with E-state index in [4.69, 9.17) is 22.1 Å². The minimum Gasteiger partial charge on any atom is -0.360 e. The summed E-state index contributed by atoms with van der Waals surface area (Å²) in [5.41, 5.74) is 1.52. The first-order chi connectivity index (χ1) is 11.1. The van der Waals surface area contributed by atoms with Gasteiger partial charge in [0, 0.05) is 17.6 Å². The summed E-state index contributed by atoms with van der Waals surface area (Å²) in [7, 11) is 0. The summed E-state index contributed by atoms with van der Waals surface area (Å²) in [6.45, 7) is 0. The Balaban J connectivity index is 2.14. The van der Waals surface area contributed by atoms with Gasteiger partial charge in [0.25, 0.3) is 5.91 Å². The predicted octanol–water partition coefficient (Wildman–Crippen LogP) is 3.94. The SMILES string of the molecule is N#CC(C#N)=CNc1cccc(NC(=O)c2ccccc2Cl)c1. The quantitative estimate of drug-likeness (QED) is 0.834. The molecule has 0 aliphatic rings. The topological polar surface area (TPSA) is 88.7 Å². The third-order valence-corrected chi connectivity index (χ3v) is 3.19. The van der Waals surface area contributed by atoms with E-state index in [0.29, 0.717) is 22.0 Å². The highest BCUT2D eigenvalue weighted by atomic mass is 35.5. The van der Waals surface area contributed by atoms with Gasteiger partial charge in [-0.05, 0) is 30.3 Å². The Morgan fingerprint density at radius 2 is 1.74 bits per heavy atom. The van der Waals surface area contributed by atoms with Gasteiger partial charge in [0.05, 0.1) is 10.6 Å². The van der Waals surface area contributed by atoms with E-state index in [2.05, 4.69) is 10.6 Å². The number of nitrogens with zero attached hydrogens (tertiary/aromatic N) is 2. The Bertz CT molecular complexity index is 830. The number of hydrogen-bond acceptors (Lipinski definition) is 4. The maximum absolute atomic E-state index is 12.2. The molecule has 23 heavy (non-hydrogen) atoms. The van der Waals surface area contributed by atoms with Crippen molar-refractivity contribution >= 4 is 28.9 Å². The number of carbonyl (C=O) groups is 1. The number of rotatable bonds is 4. The third kappa shape index (κ3) is 4.34. The highest BCUT2D eigenvalue weighted by molar-refractivity contribution is 6.34. The summed E-state index contributed by atoms with van der Waals surface area (Å²) in [6.07, 6.45) is 1.30. The molecule has 6 heteroatoms. The van der Waals surface area contributed by atoms with E-state index in [1.54, 1.807) is 60.7 Å². The molecule has 5 nitrogen and oxygen atoms in total. The van der Waals surface area contributed by atoms with Gasteiger partial charge in [-0.3, -0.25) is 4.79 Å². The fourth-order valence-electron chi connectivity index (χ4n) is 1.78. The van der Waals surface area contributed by atoms with Gasteiger partial charge in [-0.1, -0.05) is 29.8 Å². The van der Waals surface area contributed by atoms with Crippen molar-refractivity contribution in [2.75, 3.05) is 10.6 Å². The highest BCUT2D eigenvalue weighted by Gasteiger charge is 2.09. The van der Waals surface area contributed by atoms with Crippen molar-refractivity contribution < 1.29 is 4.79 Å². The average Bonchev–Trinajstić information content (AvgIpc) is 2.56. The Morgan fingerprint density at radius 3 is 2.43 bits per heavy atom. The maximum Gasteiger partial charge on any atom is 0.257 e. The fraction of sp³-hybridized carbons (Fsp3) is 0. The molecule has 1 amide bonds. The molecule has 0 saturated heterocycles. The normalized spacial score (nSPS) is 9.17. The van der Waals surface area contributed by atoms with Crippen LogP contribution in [0.15, 0.2) is 60.3 Å². The van der Waals surface area contributed by atoms with Crippen LogP contribution >= 0.6 is 11.6 Å². The van der Waals surface area contributed by atoms with Crippen LogP contribution < -0.4 is 10.6 Å². The summed E-state index contributed by atoms with van der Waals surface area (Å²) in [4.78, 5) is 12.2. The van der Waals surface area contributed by atoms with Gasteiger partial charge in [0.2, 0.25) is 0 Å². The Morgan fingerprint density at radius 1 is 1.04 bits per heavy atom.